The van der Waals surface area contributed by atoms with E-state index < -0.39 is 5.60 Å². The summed E-state index contributed by atoms with van der Waals surface area (Å²) in [6.07, 6.45) is 3.58. The Balaban J connectivity index is 1.53. The molecule has 2 aliphatic rings. The number of carbonyl (C=O) groups excluding carboxylic acids is 1. The molecule has 0 unspecified atom stereocenters. The number of thioether (sulfide) groups is 1. The first-order valence-electron chi connectivity index (χ1n) is 8.57. The van der Waals surface area contributed by atoms with Crippen molar-refractivity contribution in [2.75, 3.05) is 19.3 Å². The minimum Gasteiger partial charge on any atom is -0.450 e. The number of hydrogen-bond donors (Lipinski definition) is 0. The molecule has 0 bridgehead atoms. The number of amidine groups is 1. The van der Waals surface area contributed by atoms with Gasteiger partial charge in [0.05, 0.1) is 11.3 Å². The van der Waals surface area contributed by atoms with Gasteiger partial charge in [-0.05, 0) is 36.6 Å². The summed E-state index contributed by atoms with van der Waals surface area (Å²) in [5, 5.41) is 1.68. The summed E-state index contributed by atoms with van der Waals surface area (Å²) in [4.78, 5) is 19.2. The first-order chi connectivity index (χ1) is 12.6. The van der Waals surface area contributed by atoms with Crippen LogP contribution in [0.15, 0.2) is 53.5 Å². The van der Waals surface area contributed by atoms with Crippen LogP contribution in [-0.4, -0.2) is 35.4 Å². The Bertz CT molecular complexity index is 858. The smallest absolute Gasteiger partial charge is 0.339 e. The Morgan fingerprint density at radius 3 is 2.54 bits per heavy atom. The van der Waals surface area contributed by atoms with Crippen molar-refractivity contribution < 1.29 is 9.53 Å². The predicted molar refractivity (Wildman–Crippen MR) is 106 cm³/mol. The second kappa shape index (κ2) is 6.97. The fourth-order valence-corrected chi connectivity index (χ4v) is 4.41. The lowest BCUT2D eigenvalue weighted by molar-refractivity contribution is -0.0341. The zero-order valence-corrected chi connectivity index (χ0v) is 16.0. The zero-order chi connectivity index (χ0) is 18.1. The molecule has 2 aliphatic heterocycles. The highest BCUT2D eigenvalue weighted by Crippen LogP contribution is 2.44. The molecular formula is C20H19ClN2O2S. The third-order valence-corrected chi connectivity index (χ3v) is 5.97. The van der Waals surface area contributed by atoms with E-state index in [4.69, 9.17) is 21.3 Å². The zero-order valence-electron chi connectivity index (χ0n) is 14.4. The van der Waals surface area contributed by atoms with E-state index in [1.54, 1.807) is 11.8 Å². The number of rotatable bonds is 1. The molecule has 0 aliphatic carbocycles. The first kappa shape index (κ1) is 17.4. The Morgan fingerprint density at radius 1 is 1.15 bits per heavy atom. The SMILES string of the molecule is CSC(=Nc1ccc(Cl)cc1)N1CCC2(CC1)OC(=O)c1ccccc12. The van der Waals surface area contributed by atoms with Crippen molar-refractivity contribution >= 4 is 40.2 Å². The van der Waals surface area contributed by atoms with Crippen LogP contribution in [0.1, 0.15) is 28.8 Å². The molecule has 26 heavy (non-hydrogen) atoms. The van der Waals surface area contributed by atoms with Crippen LogP contribution >= 0.6 is 23.4 Å². The summed E-state index contributed by atoms with van der Waals surface area (Å²) in [6, 6.07) is 15.3. The Labute approximate surface area is 162 Å². The van der Waals surface area contributed by atoms with Crippen molar-refractivity contribution in [3.63, 3.8) is 0 Å². The molecule has 4 nitrogen and oxygen atoms in total. The summed E-state index contributed by atoms with van der Waals surface area (Å²) in [7, 11) is 0. The second-order valence-electron chi connectivity index (χ2n) is 6.49. The molecule has 0 atom stereocenters. The van der Waals surface area contributed by atoms with E-state index in [1.165, 1.54) is 0 Å². The van der Waals surface area contributed by atoms with Crippen LogP contribution in [0.2, 0.25) is 5.02 Å². The molecule has 2 heterocycles. The average Bonchev–Trinajstić information content (AvgIpc) is 2.94. The molecule has 0 aromatic heterocycles. The number of carbonyl (C=O) groups is 1. The Hall–Kier alpha value is -1.98. The normalized spacial score (nSPS) is 18.8. The van der Waals surface area contributed by atoms with E-state index in [-0.39, 0.29) is 5.97 Å². The van der Waals surface area contributed by atoms with Gasteiger partial charge in [-0.25, -0.2) is 9.79 Å². The standard InChI is InChI=1S/C20H19ClN2O2S/c1-26-19(22-15-8-6-14(21)7-9-15)23-12-10-20(11-13-23)17-5-3-2-4-16(17)18(24)25-20/h2-9H,10-13H2,1H3. The second-order valence-corrected chi connectivity index (χ2v) is 7.70. The summed E-state index contributed by atoms with van der Waals surface area (Å²) < 4.78 is 5.83. The maximum Gasteiger partial charge on any atom is 0.339 e. The molecule has 0 saturated carbocycles. The number of benzene rings is 2. The minimum atomic E-state index is -0.478. The fourth-order valence-electron chi connectivity index (χ4n) is 3.65. The number of aliphatic imine (C=N–C) groups is 1. The van der Waals surface area contributed by atoms with Crippen LogP contribution in [0.25, 0.3) is 0 Å². The molecule has 0 radical (unpaired) electrons. The largest absolute Gasteiger partial charge is 0.450 e. The van der Waals surface area contributed by atoms with Crippen molar-refractivity contribution in [3.05, 3.63) is 64.7 Å². The van der Waals surface area contributed by atoms with Gasteiger partial charge in [-0.1, -0.05) is 41.6 Å². The van der Waals surface area contributed by atoms with Gasteiger partial charge in [-0.15, -0.1) is 0 Å². The van der Waals surface area contributed by atoms with Crippen LogP contribution in [0.4, 0.5) is 5.69 Å². The first-order valence-corrected chi connectivity index (χ1v) is 10.2. The van der Waals surface area contributed by atoms with Crippen molar-refractivity contribution in [3.8, 4) is 0 Å². The van der Waals surface area contributed by atoms with Gasteiger partial charge < -0.3 is 9.64 Å². The van der Waals surface area contributed by atoms with Crippen molar-refractivity contribution in [1.29, 1.82) is 0 Å². The minimum absolute atomic E-state index is 0.200. The lowest BCUT2D eigenvalue weighted by Crippen LogP contribution is -2.44. The molecule has 1 spiro atoms. The van der Waals surface area contributed by atoms with E-state index in [0.717, 1.165) is 42.3 Å². The summed E-state index contributed by atoms with van der Waals surface area (Å²) in [5.74, 6) is -0.200. The highest BCUT2D eigenvalue weighted by atomic mass is 35.5. The van der Waals surface area contributed by atoms with Crippen LogP contribution in [0, 0.1) is 0 Å². The quantitative estimate of drug-likeness (QED) is 0.399. The molecule has 2 aromatic rings. The number of nitrogens with zero attached hydrogens (tertiary/aromatic N) is 2. The number of esters is 1. The topological polar surface area (TPSA) is 41.9 Å². The van der Waals surface area contributed by atoms with Gasteiger partial charge in [0.15, 0.2) is 5.17 Å². The molecule has 1 saturated heterocycles. The van der Waals surface area contributed by atoms with E-state index >= 15 is 0 Å². The molecule has 6 heteroatoms. The van der Waals surface area contributed by atoms with Crippen molar-refractivity contribution in [2.24, 2.45) is 4.99 Å². The van der Waals surface area contributed by atoms with Crippen molar-refractivity contribution in [1.82, 2.24) is 4.90 Å². The van der Waals surface area contributed by atoms with Gasteiger partial charge in [0, 0.05) is 36.5 Å². The lowest BCUT2D eigenvalue weighted by atomic mass is 9.84. The van der Waals surface area contributed by atoms with Gasteiger partial charge in [0.25, 0.3) is 0 Å². The number of ether oxygens (including phenoxy) is 1. The lowest BCUT2D eigenvalue weighted by Gasteiger charge is -2.39. The number of fused-ring (bicyclic) bond motifs is 2. The number of hydrogen-bond acceptors (Lipinski definition) is 4. The number of piperidine rings is 1. The molecule has 2 aromatic carbocycles. The van der Waals surface area contributed by atoms with Gasteiger partial charge in [0.2, 0.25) is 0 Å². The maximum absolute atomic E-state index is 12.2. The molecule has 134 valence electrons. The molecule has 0 amide bonds. The summed E-state index contributed by atoms with van der Waals surface area (Å²) in [5.41, 5.74) is 2.15. The number of likely N-dealkylation sites (tertiary alicyclic amines) is 1. The Kier molecular flexibility index (Phi) is 4.67. The monoisotopic (exact) mass is 386 g/mol. The number of halogens is 1. The summed E-state index contributed by atoms with van der Waals surface area (Å²) in [6.45, 7) is 1.60. The van der Waals surface area contributed by atoms with E-state index in [0.29, 0.717) is 10.6 Å². The van der Waals surface area contributed by atoms with Gasteiger partial charge in [-0.3, -0.25) is 0 Å². The molecular weight excluding hydrogens is 368 g/mol. The maximum atomic E-state index is 12.2. The molecule has 4 rings (SSSR count). The van der Waals surface area contributed by atoms with Crippen LogP contribution in [0.5, 0.6) is 0 Å². The third-order valence-electron chi connectivity index (χ3n) is 5.00. The Morgan fingerprint density at radius 2 is 1.85 bits per heavy atom. The molecule has 0 N–H and O–H groups in total. The van der Waals surface area contributed by atoms with Gasteiger partial charge >= 0.3 is 5.97 Å². The van der Waals surface area contributed by atoms with Crippen LogP contribution < -0.4 is 0 Å². The predicted octanol–water partition coefficient (Wildman–Crippen LogP) is 4.85. The average molecular weight is 387 g/mol. The highest BCUT2D eigenvalue weighted by molar-refractivity contribution is 8.13. The van der Waals surface area contributed by atoms with E-state index in [9.17, 15) is 4.79 Å². The third kappa shape index (κ3) is 3.10. The summed E-state index contributed by atoms with van der Waals surface area (Å²) >= 11 is 7.58. The van der Waals surface area contributed by atoms with E-state index in [2.05, 4.69) is 4.90 Å². The molecule has 1 fully saturated rings. The fraction of sp³-hybridized carbons (Fsp3) is 0.300. The van der Waals surface area contributed by atoms with Crippen molar-refractivity contribution in [2.45, 2.75) is 18.4 Å². The van der Waals surface area contributed by atoms with E-state index in [1.807, 2.05) is 54.8 Å². The van der Waals surface area contributed by atoms with Crippen LogP contribution in [0.3, 0.4) is 0 Å². The van der Waals surface area contributed by atoms with Gasteiger partial charge in [0.1, 0.15) is 5.60 Å². The van der Waals surface area contributed by atoms with Crippen LogP contribution in [-0.2, 0) is 10.3 Å². The highest BCUT2D eigenvalue weighted by Gasteiger charge is 2.47. The van der Waals surface area contributed by atoms with Gasteiger partial charge in [-0.2, -0.15) is 0 Å².